The molecule has 0 amide bonds. The van der Waals surface area contributed by atoms with Gasteiger partial charge in [-0.3, -0.25) is 4.98 Å². The van der Waals surface area contributed by atoms with E-state index < -0.39 is 10.0 Å². The van der Waals surface area contributed by atoms with Crippen molar-refractivity contribution in [3.05, 3.63) is 58.9 Å². The predicted octanol–water partition coefficient (Wildman–Crippen LogP) is 1.64. The summed E-state index contributed by atoms with van der Waals surface area (Å²) in [7, 11) is -3.59. The van der Waals surface area contributed by atoms with E-state index in [2.05, 4.69) is 9.71 Å². The average molecular weight is 305 g/mol. The van der Waals surface area contributed by atoms with Crippen LogP contribution in [0.3, 0.4) is 0 Å². The molecular weight excluding hydrogens is 286 g/mol. The minimum absolute atomic E-state index is 0.161. The standard InChI is InChI=1S/C15H19N3O2S/c1-11-7-13(9-16)8-15(12(11)2)21(19,20)18-10-14-5-3-4-6-17-14/h3-8,18H,9-10,16H2,1-2H3. The summed E-state index contributed by atoms with van der Waals surface area (Å²) >= 11 is 0. The molecule has 112 valence electrons. The van der Waals surface area contributed by atoms with Crippen LogP contribution in [0.25, 0.3) is 0 Å². The second-order valence-electron chi connectivity index (χ2n) is 4.89. The van der Waals surface area contributed by atoms with Crippen molar-refractivity contribution in [1.82, 2.24) is 9.71 Å². The van der Waals surface area contributed by atoms with Gasteiger partial charge >= 0.3 is 0 Å². The van der Waals surface area contributed by atoms with Crippen molar-refractivity contribution < 1.29 is 8.42 Å². The highest BCUT2D eigenvalue weighted by molar-refractivity contribution is 7.89. The first-order chi connectivity index (χ1) is 9.94. The van der Waals surface area contributed by atoms with Crippen LogP contribution in [0.5, 0.6) is 0 Å². The van der Waals surface area contributed by atoms with E-state index in [0.29, 0.717) is 12.2 Å². The SMILES string of the molecule is Cc1cc(CN)cc(S(=O)(=O)NCc2ccccn2)c1C. The van der Waals surface area contributed by atoms with E-state index in [1.807, 2.05) is 19.1 Å². The zero-order valence-corrected chi connectivity index (χ0v) is 12.9. The summed E-state index contributed by atoms with van der Waals surface area (Å²) < 4.78 is 27.5. The van der Waals surface area contributed by atoms with Crippen LogP contribution in [0, 0.1) is 13.8 Å². The van der Waals surface area contributed by atoms with Crippen LogP contribution in [0.1, 0.15) is 22.4 Å². The Kier molecular flexibility index (Phi) is 4.72. The number of benzene rings is 1. The lowest BCUT2D eigenvalue weighted by Gasteiger charge is -2.13. The highest BCUT2D eigenvalue weighted by Crippen LogP contribution is 2.21. The maximum absolute atomic E-state index is 12.5. The Labute approximate surface area is 125 Å². The molecule has 2 aromatic rings. The van der Waals surface area contributed by atoms with E-state index in [0.717, 1.165) is 16.7 Å². The van der Waals surface area contributed by atoms with E-state index in [9.17, 15) is 8.42 Å². The van der Waals surface area contributed by atoms with Gasteiger partial charge in [-0.15, -0.1) is 0 Å². The second-order valence-corrected chi connectivity index (χ2v) is 6.62. The van der Waals surface area contributed by atoms with E-state index in [-0.39, 0.29) is 11.4 Å². The third-order valence-electron chi connectivity index (χ3n) is 3.37. The fraction of sp³-hybridized carbons (Fsp3) is 0.267. The monoisotopic (exact) mass is 305 g/mol. The van der Waals surface area contributed by atoms with Crippen molar-refractivity contribution in [1.29, 1.82) is 0 Å². The molecule has 21 heavy (non-hydrogen) atoms. The van der Waals surface area contributed by atoms with Gasteiger partial charge in [0, 0.05) is 12.7 Å². The molecule has 0 radical (unpaired) electrons. The molecule has 0 saturated heterocycles. The van der Waals surface area contributed by atoms with Crippen molar-refractivity contribution in [2.75, 3.05) is 0 Å². The van der Waals surface area contributed by atoms with Crippen LogP contribution >= 0.6 is 0 Å². The molecule has 0 atom stereocenters. The van der Waals surface area contributed by atoms with Crippen LogP contribution in [0.2, 0.25) is 0 Å². The molecule has 6 heteroatoms. The van der Waals surface area contributed by atoms with Crippen molar-refractivity contribution in [2.24, 2.45) is 5.73 Å². The van der Waals surface area contributed by atoms with Crippen molar-refractivity contribution >= 4 is 10.0 Å². The number of aryl methyl sites for hydroxylation is 1. The Morgan fingerprint density at radius 1 is 1.24 bits per heavy atom. The van der Waals surface area contributed by atoms with Gasteiger partial charge in [0.1, 0.15) is 0 Å². The number of sulfonamides is 1. The quantitative estimate of drug-likeness (QED) is 0.879. The lowest BCUT2D eigenvalue weighted by Crippen LogP contribution is -2.25. The summed E-state index contributed by atoms with van der Waals surface area (Å²) in [5.41, 5.74) is 8.74. The molecule has 0 aliphatic rings. The number of nitrogens with one attached hydrogen (secondary N) is 1. The predicted molar refractivity (Wildman–Crippen MR) is 82.1 cm³/mol. The number of hydrogen-bond donors (Lipinski definition) is 2. The van der Waals surface area contributed by atoms with Gasteiger partial charge in [0.25, 0.3) is 0 Å². The summed E-state index contributed by atoms with van der Waals surface area (Å²) in [6.45, 7) is 4.15. The topological polar surface area (TPSA) is 85.1 Å². The van der Waals surface area contributed by atoms with Crippen LogP contribution in [0.4, 0.5) is 0 Å². The van der Waals surface area contributed by atoms with E-state index >= 15 is 0 Å². The van der Waals surface area contributed by atoms with Gasteiger partial charge < -0.3 is 5.73 Å². The molecule has 0 bridgehead atoms. The maximum Gasteiger partial charge on any atom is 0.241 e. The molecule has 0 aliphatic carbocycles. The first kappa shape index (κ1) is 15.6. The lowest BCUT2D eigenvalue weighted by molar-refractivity contribution is 0.579. The third-order valence-corrected chi connectivity index (χ3v) is 4.90. The highest BCUT2D eigenvalue weighted by Gasteiger charge is 2.18. The van der Waals surface area contributed by atoms with E-state index in [4.69, 9.17) is 5.73 Å². The Morgan fingerprint density at radius 2 is 2.00 bits per heavy atom. The molecule has 5 nitrogen and oxygen atoms in total. The highest BCUT2D eigenvalue weighted by atomic mass is 32.2. The molecule has 1 heterocycles. The van der Waals surface area contributed by atoms with Crippen molar-refractivity contribution in [3.8, 4) is 0 Å². The van der Waals surface area contributed by atoms with E-state index in [1.54, 1.807) is 31.3 Å². The number of hydrogen-bond acceptors (Lipinski definition) is 4. The molecule has 1 aromatic carbocycles. The smallest absolute Gasteiger partial charge is 0.241 e. The Morgan fingerprint density at radius 3 is 2.62 bits per heavy atom. The summed E-state index contributed by atoms with van der Waals surface area (Å²) in [6.07, 6.45) is 1.63. The molecule has 2 rings (SSSR count). The van der Waals surface area contributed by atoms with Crippen molar-refractivity contribution in [3.63, 3.8) is 0 Å². The van der Waals surface area contributed by atoms with Gasteiger partial charge in [-0.25, -0.2) is 13.1 Å². The lowest BCUT2D eigenvalue weighted by atomic mass is 10.1. The zero-order chi connectivity index (χ0) is 15.5. The van der Waals surface area contributed by atoms with Crippen LogP contribution < -0.4 is 10.5 Å². The number of rotatable bonds is 5. The number of pyridine rings is 1. The summed E-state index contributed by atoms with van der Waals surface area (Å²) in [5.74, 6) is 0. The van der Waals surface area contributed by atoms with Crippen molar-refractivity contribution in [2.45, 2.75) is 31.8 Å². The first-order valence-electron chi connectivity index (χ1n) is 6.64. The minimum Gasteiger partial charge on any atom is -0.326 e. The van der Waals surface area contributed by atoms with Gasteiger partial charge in [-0.1, -0.05) is 12.1 Å². The number of nitrogens with two attached hydrogens (primary N) is 1. The van der Waals surface area contributed by atoms with Gasteiger partial charge in [0.05, 0.1) is 17.1 Å². The molecule has 0 unspecified atom stereocenters. The molecule has 0 spiro atoms. The second kappa shape index (κ2) is 6.34. The van der Waals surface area contributed by atoms with Crippen LogP contribution in [-0.4, -0.2) is 13.4 Å². The van der Waals surface area contributed by atoms with E-state index in [1.165, 1.54) is 0 Å². The molecule has 0 fully saturated rings. The fourth-order valence-corrected chi connectivity index (χ4v) is 3.41. The molecule has 3 N–H and O–H groups in total. The normalized spacial score (nSPS) is 11.6. The number of nitrogens with zero attached hydrogens (tertiary/aromatic N) is 1. The van der Waals surface area contributed by atoms with Gasteiger partial charge in [0.2, 0.25) is 10.0 Å². The Balaban J connectivity index is 2.29. The Hall–Kier alpha value is -1.76. The maximum atomic E-state index is 12.5. The average Bonchev–Trinajstić information content (AvgIpc) is 2.48. The molecule has 0 saturated carbocycles. The van der Waals surface area contributed by atoms with Crippen LogP contribution in [-0.2, 0) is 23.1 Å². The molecule has 0 aliphatic heterocycles. The first-order valence-corrected chi connectivity index (χ1v) is 8.12. The summed E-state index contributed by atoms with van der Waals surface area (Å²) in [6, 6.07) is 8.92. The molecule has 1 aromatic heterocycles. The minimum atomic E-state index is -3.59. The number of aromatic nitrogens is 1. The Bertz CT molecular complexity index is 728. The van der Waals surface area contributed by atoms with Crippen LogP contribution in [0.15, 0.2) is 41.4 Å². The van der Waals surface area contributed by atoms with Gasteiger partial charge in [0.15, 0.2) is 0 Å². The zero-order valence-electron chi connectivity index (χ0n) is 12.1. The summed E-state index contributed by atoms with van der Waals surface area (Å²) in [4.78, 5) is 4.38. The summed E-state index contributed by atoms with van der Waals surface area (Å²) in [5, 5.41) is 0. The fourth-order valence-electron chi connectivity index (χ4n) is 2.05. The van der Waals surface area contributed by atoms with Gasteiger partial charge in [-0.2, -0.15) is 0 Å². The third kappa shape index (κ3) is 3.66. The van der Waals surface area contributed by atoms with Gasteiger partial charge in [-0.05, 0) is 48.7 Å². The molecular formula is C15H19N3O2S. The largest absolute Gasteiger partial charge is 0.326 e.